The van der Waals surface area contributed by atoms with Gasteiger partial charge in [-0.3, -0.25) is 15.0 Å². The van der Waals surface area contributed by atoms with Gasteiger partial charge < -0.3 is 25.6 Å². The van der Waals surface area contributed by atoms with E-state index in [1.165, 1.54) is 12.5 Å². The fraction of sp³-hybridized carbons (Fsp3) is 0.391. The maximum atomic E-state index is 13.3. The number of aromatic nitrogens is 3. The molecular formula is C23H28N8O3. The molecule has 0 aromatic carbocycles. The van der Waals surface area contributed by atoms with Crippen molar-refractivity contribution in [2.24, 2.45) is 0 Å². The first-order valence-corrected chi connectivity index (χ1v) is 11.1. The van der Waals surface area contributed by atoms with Crippen LogP contribution in [0.4, 0.5) is 11.4 Å². The lowest BCUT2D eigenvalue weighted by molar-refractivity contribution is -0.123. The van der Waals surface area contributed by atoms with Crippen LogP contribution in [0.1, 0.15) is 41.4 Å². The summed E-state index contributed by atoms with van der Waals surface area (Å²) in [6.45, 7) is 0.912. The zero-order valence-corrected chi connectivity index (χ0v) is 19.2. The number of anilines is 2. The van der Waals surface area contributed by atoms with Gasteiger partial charge >= 0.3 is 0 Å². The number of nitrogens with zero attached hydrogens (tertiary/aromatic N) is 4. The molecule has 34 heavy (non-hydrogen) atoms. The molecule has 11 nitrogen and oxygen atoms in total. The van der Waals surface area contributed by atoms with Crippen LogP contribution in [0, 0.1) is 5.41 Å². The van der Waals surface area contributed by atoms with Crippen LogP contribution in [0.15, 0.2) is 42.8 Å². The minimum atomic E-state index is -0.530. The number of carbonyl (C=O) groups is 2. The van der Waals surface area contributed by atoms with Gasteiger partial charge in [-0.05, 0) is 31.4 Å². The van der Waals surface area contributed by atoms with Crippen LogP contribution in [0.3, 0.4) is 0 Å². The fourth-order valence-corrected chi connectivity index (χ4v) is 3.75. The first-order valence-electron chi connectivity index (χ1n) is 11.1. The second kappa shape index (κ2) is 10.4. The van der Waals surface area contributed by atoms with E-state index in [0.29, 0.717) is 36.8 Å². The van der Waals surface area contributed by atoms with Gasteiger partial charge in [0, 0.05) is 45.1 Å². The molecule has 1 saturated heterocycles. The quantitative estimate of drug-likeness (QED) is 0.409. The standard InChI is InChI=1S/C23H28N8O3/c1-25-11-19(20(24)23(33)31-8-7-16(12-31)34-2)30-22(32)21-18(28-15-9-26-13-27-10-15)6-5-17(29-21)14-3-4-14/h5-6,9-11,13-14,16,24-25,28H,3-4,7-8,12H2,1-2H3,(H,30,32)/b19-11+,24-20?. The van der Waals surface area contributed by atoms with Crippen molar-refractivity contribution in [3.05, 3.63) is 54.1 Å². The number of ether oxygens (including phenoxy) is 1. The molecule has 2 amide bonds. The van der Waals surface area contributed by atoms with Crippen LogP contribution in [0.25, 0.3) is 0 Å². The zero-order valence-electron chi connectivity index (χ0n) is 19.2. The molecule has 1 aliphatic heterocycles. The molecule has 4 rings (SSSR count). The molecule has 1 atom stereocenters. The Morgan fingerprint density at radius 1 is 1.21 bits per heavy atom. The lowest BCUT2D eigenvalue weighted by Gasteiger charge is -2.19. The van der Waals surface area contributed by atoms with Gasteiger partial charge in [-0.2, -0.15) is 0 Å². The van der Waals surface area contributed by atoms with Crippen LogP contribution in [-0.2, 0) is 9.53 Å². The molecule has 1 unspecified atom stereocenters. The van der Waals surface area contributed by atoms with E-state index in [9.17, 15) is 9.59 Å². The average Bonchev–Trinajstić information content (AvgIpc) is 3.60. The van der Waals surface area contributed by atoms with Crippen molar-refractivity contribution >= 4 is 28.9 Å². The van der Waals surface area contributed by atoms with Crippen molar-refractivity contribution < 1.29 is 14.3 Å². The summed E-state index contributed by atoms with van der Waals surface area (Å²) in [5, 5.41) is 17.1. The van der Waals surface area contributed by atoms with Crippen molar-refractivity contribution in [1.82, 2.24) is 30.5 Å². The first-order chi connectivity index (χ1) is 16.5. The smallest absolute Gasteiger partial charge is 0.276 e. The van der Waals surface area contributed by atoms with Gasteiger partial charge in [0.1, 0.15) is 12.0 Å². The van der Waals surface area contributed by atoms with Crippen molar-refractivity contribution in [2.75, 3.05) is 32.6 Å². The topological polar surface area (TPSA) is 145 Å². The molecule has 1 aliphatic carbocycles. The van der Waals surface area contributed by atoms with E-state index in [-0.39, 0.29) is 23.2 Å². The number of likely N-dealkylation sites (tertiary alicyclic amines) is 1. The molecule has 0 radical (unpaired) electrons. The van der Waals surface area contributed by atoms with E-state index in [1.807, 2.05) is 6.07 Å². The molecule has 178 valence electrons. The minimum Gasteiger partial charge on any atom is -0.392 e. The van der Waals surface area contributed by atoms with E-state index in [0.717, 1.165) is 18.5 Å². The van der Waals surface area contributed by atoms with Crippen LogP contribution < -0.4 is 16.0 Å². The highest BCUT2D eigenvalue weighted by atomic mass is 16.5. The first kappa shape index (κ1) is 23.3. The molecule has 2 aromatic heterocycles. The van der Waals surface area contributed by atoms with E-state index in [2.05, 4.69) is 30.9 Å². The second-order valence-electron chi connectivity index (χ2n) is 8.23. The molecule has 4 N–H and O–H groups in total. The Labute approximate surface area is 197 Å². The fourth-order valence-electron chi connectivity index (χ4n) is 3.75. The summed E-state index contributed by atoms with van der Waals surface area (Å²) in [5.41, 5.74) is 1.83. The third kappa shape index (κ3) is 5.37. The molecule has 2 fully saturated rings. The van der Waals surface area contributed by atoms with Gasteiger partial charge in [-0.15, -0.1) is 0 Å². The number of rotatable bonds is 9. The number of methoxy groups -OCH3 is 1. The Morgan fingerprint density at radius 2 is 1.97 bits per heavy atom. The van der Waals surface area contributed by atoms with Crippen molar-refractivity contribution in [1.29, 1.82) is 5.41 Å². The molecule has 11 heteroatoms. The molecule has 3 heterocycles. The van der Waals surface area contributed by atoms with E-state index >= 15 is 0 Å². The highest BCUT2D eigenvalue weighted by molar-refractivity contribution is 6.44. The average molecular weight is 465 g/mol. The summed E-state index contributed by atoms with van der Waals surface area (Å²) in [4.78, 5) is 40.3. The molecule has 2 aliphatic rings. The van der Waals surface area contributed by atoms with Crippen molar-refractivity contribution in [3.63, 3.8) is 0 Å². The minimum absolute atomic E-state index is 0.0481. The number of pyridine rings is 1. The number of hydrogen-bond donors (Lipinski definition) is 4. The normalized spacial score (nSPS) is 17.9. The zero-order chi connectivity index (χ0) is 24.1. The summed E-state index contributed by atoms with van der Waals surface area (Å²) in [6.07, 6.45) is 8.76. The van der Waals surface area contributed by atoms with Gasteiger partial charge in [0.2, 0.25) is 0 Å². The molecule has 1 saturated carbocycles. The Hall–Kier alpha value is -3.86. The highest BCUT2D eigenvalue weighted by Gasteiger charge is 2.31. The van der Waals surface area contributed by atoms with E-state index in [1.54, 1.807) is 37.5 Å². The molecule has 0 spiro atoms. The Balaban J connectivity index is 1.55. The summed E-state index contributed by atoms with van der Waals surface area (Å²) < 4.78 is 5.31. The van der Waals surface area contributed by atoms with Crippen molar-refractivity contribution in [2.45, 2.75) is 31.3 Å². The van der Waals surface area contributed by atoms with Crippen LogP contribution >= 0.6 is 0 Å². The summed E-state index contributed by atoms with van der Waals surface area (Å²) >= 11 is 0. The Bertz CT molecular complexity index is 1100. The van der Waals surface area contributed by atoms with Gasteiger partial charge in [0.05, 0.1) is 35.6 Å². The summed E-state index contributed by atoms with van der Waals surface area (Å²) in [5.74, 6) is -0.658. The second-order valence-corrected chi connectivity index (χ2v) is 8.23. The largest absolute Gasteiger partial charge is 0.392 e. The van der Waals surface area contributed by atoms with E-state index in [4.69, 9.17) is 10.1 Å². The van der Waals surface area contributed by atoms with Crippen LogP contribution in [0.2, 0.25) is 0 Å². The van der Waals surface area contributed by atoms with Crippen LogP contribution in [0.5, 0.6) is 0 Å². The number of nitrogens with one attached hydrogen (secondary N) is 4. The SMILES string of the molecule is CN/C=C(/NC(=O)c1nc(C2CC2)ccc1Nc1cncnc1)C(=N)C(=O)N1CCC(OC)C1. The predicted molar refractivity (Wildman–Crippen MR) is 126 cm³/mol. The van der Waals surface area contributed by atoms with Gasteiger partial charge in [0.25, 0.3) is 11.8 Å². The molecular weight excluding hydrogens is 436 g/mol. The number of hydrogen-bond acceptors (Lipinski definition) is 9. The predicted octanol–water partition coefficient (Wildman–Crippen LogP) is 1.55. The van der Waals surface area contributed by atoms with Crippen LogP contribution in [-0.4, -0.2) is 70.7 Å². The Morgan fingerprint density at radius 3 is 2.62 bits per heavy atom. The summed E-state index contributed by atoms with van der Waals surface area (Å²) in [7, 11) is 3.24. The highest BCUT2D eigenvalue weighted by Crippen LogP contribution is 2.39. The number of amides is 2. The molecule has 2 aromatic rings. The molecule has 0 bridgehead atoms. The monoisotopic (exact) mass is 464 g/mol. The lowest BCUT2D eigenvalue weighted by atomic mass is 10.2. The Kier molecular flexibility index (Phi) is 7.12. The summed E-state index contributed by atoms with van der Waals surface area (Å²) in [6, 6.07) is 3.70. The maximum Gasteiger partial charge on any atom is 0.276 e. The number of carbonyl (C=O) groups excluding carboxylic acids is 2. The maximum absolute atomic E-state index is 13.3. The van der Waals surface area contributed by atoms with Gasteiger partial charge in [-0.1, -0.05) is 0 Å². The van der Waals surface area contributed by atoms with Gasteiger partial charge in [0.15, 0.2) is 5.69 Å². The van der Waals surface area contributed by atoms with E-state index < -0.39 is 11.8 Å². The third-order valence-corrected chi connectivity index (χ3v) is 5.75. The third-order valence-electron chi connectivity index (χ3n) is 5.75. The van der Waals surface area contributed by atoms with Gasteiger partial charge in [-0.25, -0.2) is 15.0 Å². The lowest BCUT2D eigenvalue weighted by Crippen LogP contribution is -2.40. The van der Waals surface area contributed by atoms with Crippen molar-refractivity contribution in [3.8, 4) is 0 Å².